The average Bonchev–Trinajstić information content (AvgIpc) is 3.50. The van der Waals surface area contributed by atoms with Crippen molar-refractivity contribution in [3.8, 4) is 5.75 Å². The number of H-pyrrole nitrogens is 1. The first-order valence-corrected chi connectivity index (χ1v) is 11.0. The number of fused-ring (bicyclic) bond motifs is 1. The number of methoxy groups -OCH3 is 2. The molecule has 0 spiro atoms. The van der Waals surface area contributed by atoms with E-state index in [1.807, 2.05) is 31.2 Å². The number of esters is 1. The summed E-state index contributed by atoms with van der Waals surface area (Å²) in [6.45, 7) is 2.77. The van der Waals surface area contributed by atoms with E-state index < -0.39 is 5.97 Å². The number of hydrogen-bond acceptors (Lipinski definition) is 5. The van der Waals surface area contributed by atoms with E-state index in [0.717, 1.165) is 28.7 Å². The molecule has 1 atom stereocenters. The Kier molecular flexibility index (Phi) is 6.44. The van der Waals surface area contributed by atoms with Gasteiger partial charge < -0.3 is 14.8 Å². The van der Waals surface area contributed by atoms with E-state index in [1.54, 1.807) is 19.2 Å². The van der Waals surface area contributed by atoms with E-state index in [1.165, 1.54) is 32.8 Å². The van der Waals surface area contributed by atoms with Gasteiger partial charge in [-0.05, 0) is 49.1 Å². The van der Waals surface area contributed by atoms with E-state index >= 15 is 0 Å². The van der Waals surface area contributed by atoms with Crippen molar-refractivity contribution in [2.45, 2.75) is 38.5 Å². The highest BCUT2D eigenvalue weighted by molar-refractivity contribution is 5.98. The molecule has 2 aromatic carbocycles. The third kappa shape index (κ3) is 4.33. The number of hydrogen-bond donors (Lipinski definition) is 2. The Morgan fingerprint density at radius 3 is 2.59 bits per heavy atom. The van der Waals surface area contributed by atoms with Gasteiger partial charge >= 0.3 is 5.97 Å². The molecule has 3 aromatic rings. The lowest BCUT2D eigenvalue weighted by atomic mass is 9.93. The predicted octanol–water partition coefficient (Wildman–Crippen LogP) is 4.43. The van der Waals surface area contributed by atoms with Gasteiger partial charge in [0, 0.05) is 29.0 Å². The fourth-order valence-corrected chi connectivity index (χ4v) is 4.52. The molecule has 1 aliphatic rings. The number of carbonyl (C=O) groups excluding carboxylic acids is 2. The Morgan fingerprint density at radius 1 is 1.12 bits per heavy atom. The van der Waals surface area contributed by atoms with Crippen molar-refractivity contribution in [1.29, 1.82) is 0 Å². The van der Waals surface area contributed by atoms with Gasteiger partial charge in [-0.25, -0.2) is 4.79 Å². The van der Waals surface area contributed by atoms with E-state index in [4.69, 9.17) is 9.47 Å². The van der Waals surface area contributed by atoms with Gasteiger partial charge in [0.2, 0.25) is 0 Å². The third-order valence-corrected chi connectivity index (χ3v) is 6.43. The Bertz CT molecular complexity index is 1130. The summed E-state index contributed by atoms with van der Waals surface area (Å²) < 4.78 is 10.4. The largest absolute Gasteiger partial charge is 0.496 e. The van der Waals surface area contributed by atoms with Crippen LogP contribution in [0.1, 0.15) is 70.5 Å². The van der Waals surface area contributed by atoms with Crippen LogP contribution in [-0.4, -0.2) is 42.8 Å². The molecule has 1 fully saturated rings. The Balaban J connectivity index is 1.60. The highest BCUT2D eigenvalue weighted by Crippen LogP contribution is 2.35. The molecule has 1 aromatic heterocycles. The van der Waals surface area contributed by atoms with Crippen molar-refractivity contribution in [3.05, 3.63) is 58.8 Å². The van der Waals surface area contributed by atoms with Crippen molar-refractivity contribution in [1.82, 2.24) is 15.5 Å². The normalized spacial score (nSPS) is 15.0. The summed E-state index contributed by atoms with van der Waals surface area (Å²) in [5, 5.41) is 11.5. The molecule has 0 aliphatic heterocycles. The fourth-order valence-electron chi connectivity index (χ4n) is 4.52. The molecular weight excluding hydrogens is 406 g/mol. The molecule has 1 aliphatic carbocycles. The van der Waals surface area contributed by atoms with Crippen molar-refractivity contribution >= 4 is 22.8 Å². The lowest BCUT2D eigenvalue weighted by Crippen LogP contribution is -2.28. The molecule has 168 valence electrons. The third-order valence-electron chi connectivity index (χ3n) is 6.43. The number of nitrogens with one attached hydrogen (secondary N) is 2. The van der Waals surface area contributed by atoms with Gasteiger partial charge in [0.1, 0.15) is 5.75 Å². The van der Waals surface area contributed by atoms with Gasteiger partial charge in [0.15, 0.2) is 0 Å². The number of ether oxygens (including phenoxy) is 2. The van der Waals surface area contributed by atoms with Crippen LogP contribution in [0.25, 0.3) is 10.9 Å². The summed E-state index contributed by atoms with van der Waals surface area (Å²) in [5.41, 5.74) is 3.63. The highest BCUT2D eigenvalue weighted by atomic mass is 16.5. The van der Waals surface area contributed by atoms with Crippen LogP contribution in [0.4, 0.5) is 0 Å². The van der Waals surface area contributed by atoms with Crippen LogP contribution in [0, 0.1) is 5.92 Å². The zero-order chi connectivity index (χ0) is 22.7. The number of rotatable bonds is 7. The number of aromatic amines is 1. The number of aromatic nitrogens is 2. The van der Waals surface area contributed by atoms with Gasteiger partial charge in [-0.15, -0.1) is 0 Å². The average molecular weight is 436 g/mol. The summed E-state index contributed by atoms with van der Waals surface area (Å²) in [7, 11) is 2.92. The SMILES string of the molecule is COC(=O)c1ccc(C(C)c2[nH]nc3ccc(C(=O)NCC4CCCC4)cc23)c(OC)c1. The number of carbonyl (C=O) groups is 2. The smallest absolute Gasteiger partial charge is 0.337 e. The van der Waals surface area contributed by atoms with Crippen LogP contribution in [-0.2, 0) is 4.74 Å². The van der Waals surface area contributed by atoms with Crippen LogP contribution >= 0.6 is 0 Å². The second kappa shape index (κ2) is 9.42. The maximum absolute atomic E-state index is 12.7. The minimum Gasteiger partial charge on any atom is -0.496 e. The maximum atomic E-state index is 12.7. The summed E-state index contributed by atoms with van der Waals surface area (Å²) in [6, 6.07) is 10.8. The van der Waals surface area contributed by atoms with E-state index in [2.05, 4.69) is 15.5 Å². The van der Waals surface area contributed by atoms with Crippen molar-refractivity contribution in [2.24, 2.45) is 5.92 Å². The second-order valence-electron chi connectivity index (χ2n) is 8.40. The topological polar surface area (TPSA) is 93.3 Å². The minimum atomic E-state index is -0.414. The number of amides is 1. The summed E-state index contributed by atoms with van der Waals surface area (Å²) >= 11 is 0. The van der Waals surface area contributed by atoms with Gasteiger partial charge in [-0.1, -0.05) is 25.8 Å². The predicted molar refractivity (Wildman–Crippen MR) is 122 cm³/mol. The first-order chi connectivity index (χ1) is 15.5. The van der Waals surface area contributed by atoms with Crippen LogP contribution in [0.2, 0.25) is 0 Å². The van der Waals surface area contributed by atoms with Crippen molar-refractivity contribution < 1.29 is 19.1 Å². The zero-order valence-electron chi connectivity index (χ0n) is 18.7. The first-order valence-electron chi connectivity index (χ1n) is 11.0. The second-order valence-corrected chi connectivity index (χ2v) is 8.40. The summed E-state index contributed by atoms with van der Waals surface area (Å²) in [6.07, 6.45) is 4.90. The lowest BCUT2D eigenvalue weighted by Gasteiger charge is -2.16. The van der Waals surface area contributed by atoms with Crippen molar-refractivity contribution in [2.75, 3.05) is 20.8 Å². The first kappa shape index (κ1) is 21.9. The van der Waals surface area contributed by atoms with E-state index in [0.29, 0.717) is 22.8 Å². The lowest BCUT2D eigenvalue weighted by molar-refractivity contribution is 0.0600. The van der Waals surface area contributed by atoms with Crippen LogP contribution in [0.3, 0.4) is 0 Å². The van der Waals surface area contributed by atoms with E-state index in [-0.39, 0.29) is 11.8 Å². The number of benzene rings is 2. The van der Waals surface area contributed by atoms with Gasteiger partial charge in [0.05, 0.1) is 31.0 Å². The fraction of sp³-hybridized carbons (Fsp3) is 0.400. The molecular formula is C25H29N3O4. The maximum Gasteiger partial charge on any atom is 0.337 e. The molecule has 4 rings (SSSR count). The van der Waals surface area contributed by atoms with Gasteiger partial charge in [-0.3, -0.25) is 9.89 Å². The molecule has 7 nitrogen and oxygen atoms in total. The molecule has 32 heavy (non-hydrogen) atoms. The summed E-state index contributed by atoms with van der Waals surface area (Å²) in [5.74, 6) is 0.612. The van der Waals surface area contributed by atoms with E-state index in [9.17, 15) is 9.59 Å². The van der Waals surface area contributed by atoms with Gasteiger partial charge in [-0.2, -0.15) is 5.10 Å². The monoisotopic (exact) mass is 435 g/mol. The quantitative estimate of drug-likeness (QED) is 0.536. The molecule has 0 bridgehead atoms. The molecule has 0 radical (unpaired) electrons. The molecule has 2 N–H and O–H groups in total. The molecule has 1 heterocycles. The van der Waals surface area contributed by atoms with Crippen molar-refractivity contribution in [3.63, 3.8) is 0 Å². The molecule has 7 heteroatoms. The highest BCUT2D eigenvalue weighted by Gasteiger charge is 2.21. The Morgan fingerprint density at radius 2 is 1.88 bits per heavy atom. The Labute approximate surface area is 187 Å². The Hall–Kier alpha value is -3.35. The zero-order valence-corrected chi connectivity index (χ0v) is 18.7. The molecule has 1 saturated carbocycles. The van der Waals surface area contributed by atoms with Gasteiger partial charge in [0.25, 0.3) is 5.91 Å². The molecule has 1 amide bonds. The summed E-state index contributed by atoms with van der Waals surface area (Å²) in [4.78, 5) is 24.6. The van der Waals surface area contributed by atoms with Crippen LogP contribution < -0.4 is 10.1 Å². The van der Waals surface area contributed by atoms with Crippen LogP contribution in [0.5, 0.6) is 5.75 Å². The van der Waals surface area contributed by atoms with Crippen LogP contribution in [0.15, 0.2) is 36.4 Å². The molecule has 1 unspecified atom stereocenters. The number of nitrogens with zero attached hydrogens (tertiary/aromatic N) is 1. The standard InChI is InChI=1S/C25H29N3O4/c1-15(19-10-8-18(25(30)32-3)13-22(19)31-2)23-20-12-17(9-11-21(20)27-28-23)24(29)26-14-16-6-4-5-7-16/h8-13,15-16H,4-7,14H2,1-3H3,(H,26,29)(H,27,28). The minimum absolute atomic E-state index is 0.0568. The molecule has 0 saturated heterocycles.